The first kappa shape index (κ1) is 12.8. The van der Waals surface area contributed by atoms with Crippen molar-refractivity contribution in [3.8, 4) is 0 Å². The molecule has 0 fully saturated rings. The normalized spacial score (nSPS) is 10.8. The van der Waals surface area contributed by atoms with Crippen LogP contribution in [-0.2, 0) is 13.1 Å². The minimum Gasteiger partial charge on any atom is -0.326 e. The summed E-state index contributed by atoms with van der Waals surface area (Å²) in [5.74, 6) is 0. The highest BCUT2D eigenvalue weighted by Gasteiger charge is 2.11. The zero-order valence-electron chi connectivity index (χ0n) is 10.3. The van der Waals surface area contributed by atoms with Crippen molar-refractivity contribution in [2.75, 3.05) is 0 Å². The van der Waals surface area contributed by atoms with Crippen LogP contribution in [0.3, 0.4) is 0 Å². The SMILES string of the molecule is CCn1c(Sc2ncc(CN)cc2C)n[nH]c1=O. The average Bonchev–Trinajstić information content (AvgIpc) is 2.72. The lowest BCUT2D eigenvalue weighted by Gasteiger charge is -2.06. The fraction of sp³-hybridized carbons (Fsp3) is 0.364. The molecule has 3 N–H and O–H groups in total. The molecule has 2 aromatic heterocycles. The number of aromatic nitrogens is 4. The van der Waals surface area contributed by atoms with Crippen LogP contribution >= 0.6 is 11.8 Å². The zero-order chi connectivity index (χ0) is 13.1. The number of nitrogens with zero attached hydrogens (tertiary/aromatic N) is 3. The molecule has 0 radical (unpaired) electrons. The van der Waals surface area contributed by atoms with E-state index in [9.17, 15) is 4.79 Å². The summed E-state index contributed by atoms with van der Waals surface area (Å²) in [7, 11) is 0. The molecule has 0 amide bonds. The Labute approximate surface area is 109 Å². The molecule has 0 spiro atoms. The van der Waals surface area contributed by atoms with Gasteiger partial charge in [-0.1, -0.05) is 6.07 Å². The minimum atomic E-state index is -0.198. The molecule has 7 heteroatoms. The van der Waals surface area contributed by atoms with E-state index in [1.54, 1.807) is 10.8 Å². The summed E-state index contributed by atoms with van der Waals surface area (Å²) in [4.78, 5) is 15.8. The highest BCUT2D eigenvalue weighted by molar-refractivity contribution is 7.99. The molecular formula is C11H15N5OS. The molecular weight excluding hydrogens is 250 g/mol. The van der Waals surface area contributed by atoms with Gasteiger partial charge in [-0.15, -0.1) is 5.10 Å². The van der Waals surface area contributed by atoms with E-state index in [0.717, 1.165) is 16.2 Å². The van der Waals surface area contributed by atoms with Gasteiger partial charge in [0, 0.05) is 19.3 Å². The lowest BCUT2D eigenvalue weighted by molar-refractivity contribution is 0.660. The molecule has 96 valence electrons. The smallest absolute Gasteiger partial charge is 0.326 e. The van der Waals surface area contributed by atoms with Gasteiger partial charge in [-0.2, -0.15) is 0 Å². The lowest BCUT2D eigenvalue weighted by atomic mass is 10.2. The molecule has 0 aliphatic rings. The van der Waals surface area contributed by atoms with E-state index in [1.165, 1.54) is 11.8 Å². The van der Waals surface area contributed by atoms with Crippen molar-refractivity contribution in [1.29, 1.82) is 0 Å². The third-order valence-corrected chi connectivity index (χ3v) is 3.66. The highest BCUT2D eigenvalue weighted by Crippen LogP contribution is 2.26. The van der Waals surface area contributed by atoms with E-state index in [-0.39, 0.29) is 5.69 Å². The fourth-order valence-electron chi connectivity index (χ4n) is 1.59. The molecule has 6 nitrogen and oxygen atoms in total. The summed E-state index contributed by atoms with van der Waals surface area (Å²) in [6, 6.07) is 2.00. The fourth-order valence-corrected chi connectivity index (χ4v) is 2.50. The van der Waals surface area contributed by atoms with Crippen LogP contribution in [0.2, 0.25) is 0 Å². The summed E-state index contributed by atoms with van der Waals surface area (Å²) in [5.41, 5.74) is 7.38. The molecule has 2 aromatic rings. The molecule has 0 atom stereocenters. The molecule has 0 saturated heterocycles. The lowest BCUT2D eigenvalue weighted by Crippen LogP contribution is -2.16. The van der Waals surface area contributed by atoms with Crippen molar-refractivity contribution in [1.82, 2.24) is 19.7 Å². The third kappa shape index (κ3) is 2.46. The first-order valence-corrected chi connectivity index (χ1v) is 6.46. The molecule has 0 aliphatic heterocycles. The largest absolute Gasteiger partial charge is 0.343 e. The molecule has 0 unspecified atom stereocenters. The van der Waals surface area contributed by atoms with Gasteiger partial charge in [0.2, 0.25) is 0 Å². The molecule has 0 aliphatic carbocycles. The number of hydrogen-bond donors (Lipinski definition) is 2. The van der Waals surface area contributed by atoms with Crippen LogP contribution in [0.5, 0.6) is 0 Å². The second-order valence-corrected chi connectivity index (χ2v) is 4.78. The molecule has 0 bridgehead atoms. The van der Waals surface area contributed by atoms with Crippen LogP contribution in [0, 0.1) is 6.92 Å². The molecule has 2 heterocycles. The summed E-state index contributed by atoms with van der Waals surface area (Å²) >= 11 is 1.37. The standard InChI is InChI=1S/C11H15N5OS/c1-3-16-10(17)14-15-11(16)18-9-7(2)4-8(5-12)6-13-9/h4,6H,3,5,12H2,1-2H3,(H,14,17). The van der Waals surface area contributed by atoms with Gasteiger partial charge < -0.3 is 5.73 Å². The van der Waals surface area contributed by atoms with Crippen molar-refractivity contribution in [2.45, 2.75) is 37.1 Å². The predicted octanol–water partition coefficient (Wildman–Crippen LogP) is 0.905. The first-order valence-electron chi connectivity index (χ1n) is 5.64. The van der Waals surface area contributed by atoms with Gasteiger partial charge in [0.1, 0.15) is 5.03 Å². The summed E-state index contributed by atoms with van der Waals surface area (Å²) in [6.45, 7) is 4.92. The van der Waals surface area contributed by atoms with Crippen molar-refractivity contribution < 1.29 is 0 Å². The summed E-state index contributed by atoms with van der Waals surface area (Å²) in [6.07, 6.45) is 1.75. The topological polar surface area (TPSA) is 89.6 Å². The van der Waals surface area contributed by atoms with Crippen LogP contribution in [-0.4, -0.2) is 19.7 Å². The molecule has 0 saturated carbocycles. The maximum atomic E-state index is 11.4. The molecule has 18 heavy (non-hydrogen) atoms. The first-order chi connectivity index (χ1) is 8.65. The van der Waals surface area contributed by atoms with Gasteiger partial charge in [-0.3, -0.25) is 4.57 Å². The number of rotatable bonds is 4. The van der Waals surface area contributed by atoms with Gasteiger partial charge in [-0.05, 0) is 36.7 Å². The van der Waals surface area contributed by atoms with Gasteiger partial charge >= 0.3 is 5.69 Å². The van der Waals surface area contributed by atoms with Crippen molar-refractivity contribution in [3.05, 3.63) is 33.9 Å². The Hall–Kier alpha value is -1.60. The Morgan fingerprint density at radius 1 is 1.56 bits per heavy atom. The van der Waals surface area contributed by atoms with Crippen LogP contribution in [0.1, 0.15) is 18.1 Å². The maximum absolute atomic E-state index is 11.4. The van der Waals surface area contributed by atoms with Crippen molar-refractivity contribution in [3.63, 3.8) is 0 Å². The van der Waals surface area contributed by atoms with E-state index in [0.29, 0.717) is 18.2 Å². The van der Waals surface area contributed by atoms with Crippen LogP contribution in [0.4, 0.5) is 0 Å². The molecule has 0 aromatic carbocycles. The predicted molar refractivity (Wildman–Crippen MR) is 69.5 cm³/mol. The number of aromatic amines is 1. The van der Waals surface area contributed by atoms with E-state index >= 15 is 0 Å². The summed E-state index contributed by atoms with van der Waals surface area (Å²) in [5, 5.41) is 7.89. The number of aryl methyl sites for hydroxylation is 1. The maximum Gasteiger partial charge on any atom is 0.343 e. The van der Waals surface area contributed by atoms with Crippen LogP contribution in [0.15, 0.2) is 27.2 Å². The number of nitrogens with two attached hydrogens (primary N) is 1. The second-order valence-electron chi connectivity index (χ2n) is 3.83. The van der Waals surface area contributed by atoms with Gasteiger partial charge in [0.25, 0.3) is 0 Å². The van der Waals surface area contributed by atoms with E-state index in [2.05, 4.69) is 15.2 Å². The number of hydrogen-bond acceptors (Lipinski definition) is 5. The van der Waals surface area contributed by atoms with Gasteiger partial charge in [0.15, 0.2) is 5.16 Å². The number of nitrogens with one attached hydrogen (secondary N) is 1. The van der Waals surface area contributed by atoms with Gasteiger partial charge in [-0.25, -0.2) is 14.9 Å². The minimum absolute atomic E-state index is 0.198. The Morgan fingerprint density at radius 3 is 2.94 bits per heavy atom. The Bertz CT molecular complexity index is 604. The summed E-state index contributed by atoms with van der Waals surface area (Å²) < 4.78 is 1.57. The van der Waals surface area contributed by atoms with E-state index in [4.69, 9.17) is 5.73 Å². The van der Waals surface area contributed by atoms with Crippen LogP contribution in [0.25, 0.3) is 0 Å². The van der Waals surface area contributed by atoms with Crippen molar-refractivity contribution >= 4 is 11.8 Å². The van der Waals surface area contributed by atoms with Gasteiger partial charge in [0.05, 0.1) is 0 Å². The highest BCUT2D eigenvalue weighted by atomic mass is 32.2. The quantitative estimate of drug-likeness (QED) is 0.857. The Kier molecular flexibility index (Phi) is 3.83. The zero-order valence-corrected chi connectivity index (χ0v) is 11.1. The number of pyridine rings is 1. The van der Waals surface area contributed by atoms with E-state index < -0.39 is 0 Å². The Balaban J connectivity index is 2.31. The second kappa shape index (κ2) is 5.36. The molecule has 2 rings (SSSR count). The van der Waals surface area contributed by atoms with Crippen LogP contribution < -0.4 is 11.4 Å². The van der Waals surface area contributed by atoms with E-state index in [1.807, 2.05) is 19.9 Å². The number of H-pyrrole nitrogens is 1. The monoisotopic (exact) mass is 265 g/mol. The Morgan fingerprint density at radius 2 is 2.33 bits per heavy atom. The average molecular weight is 265 g/mol. The third-order valence-electron chi connectivity index (χ3n) is 2.55. The van der Waals surface area contributed by atoms with Crippen molar-refractivity contribution in [2.24, 2.45) is 5.73 Å².